The molecule has 0 bridgehead atoms. The van der Waals surface area contributed by atoms with Crippen molar-refractivity contribution >= 4 is 11.6 Å². The van der Waals surface area contributed by atoms with Crippen molar-refractivity contribution in [1.82, 2.24) is 15.3 Å². The highest BCUT2D eigenvalue weighted by atomic mass is 16.7. The number of rotatable bonds is 6. The summed E-state index contributed by atoms with van der Waals surface area (Å²) in [6, 6.07) is 8.28. The minimum Gasteiger partial charge on any atom is -0.489 e. The highest BCUT2D eigenvalue weighted by Gasteiger charge is 2.28. The summed E-state index contributed by atoms with van der Waals surface area (Å²) in [6.07, 6.45) is 5.44. The van der Waals surface area contributed by atoms with E-state index in [4.69, 9.17) is 9.57 Å². The number of nitrogens with one attached hydrogen (secondary N) is 1. The van der Waals surface area contributed by atoms with Gasteiger partial charge in [-0.25, -0.2) is 0 Å². The number of piperidine rings is 1. The molecule has 7 heteroatoms. The van der Waals surface area contributed by atoms with Crippen LogP contribution in [-0.2, 0) is 9.63 Å². The van der Waals surface area contributed by atoms with Crippen LogP contribution in [-0.4, -0.2) is 73.7 Å². The van der Waals surface area contributed by atoms with Gasteiger partial charge in [0.1, 0.15) is 17.6 Å². The van der Waals surface area contributed by atoms with Crippen LogP contribution in [0.1, 0.15) is 33.1 Å². The van der Waals surface area contributed by atoms with Crippen LogP contribution in [0.5, 0.6) is 5.75 Å². The molecule has 3 aliphatic rings. The molecule has 164 valence electrons. The summed E-state index contributed by atoms with van der Waals surface area (Å²) < 4.78 is 5.99. The Labute approximate surface area is 179 Å². The topological polar surface area (TPSA) is 57.3 Å². The SMILES string of the molecule is CC(C)Oc1ccccc1N1CCN(CC2C=C(C(=O)N3CCCCC3)NO2)CC1. The molecular formula is C23H34N4O3. The average Bonchev–Trinajstić information content (AvgIpc) is 3.23. The van der Waals surface area contributed by atoms with Gasteiger partial charge in [-0.2, -0.15) is 0 Å². The quantitative estimate of drug-likeness (QED) is 0.772. The summed E-state index contributed by atoms with van der Waals surface area (Å²) in [4.78, 5) is 25.0. The maximum Gasteiger partial charge on any atom is 0.271 e. The Bertz CT molecular complexity index is 753. The fraction of sp³-hybridized carbons (Fsp3) is 0.609. The van der Waals surface area contributed by atoms with Crippen molar-refractivity contribution in [3.63, 3.8) is 0 Å². The molecule has 3 aliphatic heterocycles. The third-order valence-corrected chi connectivity index (χ3v) is 5.93. The van der Waals surface area contributed by atoms with Crippen molar-refractivity contribution in [2.24, 2.45) is 0 Å². The maximum atomic E-state index is 12.6. The Morgan fingerprint density at radius 3 is 2.57 bits per heavy atom. The second-order valence-electron chi connectivity index (χ2n) is 8.61. The van der Waals surface area contributed by atoms with Gasteiger partial charge in [-0.1, -0.05) is 12.1 Å². The molecule has 0 aromatic heterocycles. The van der Waals surface area contributed by atoms with Crippen molar-refractivity contribution in [2.75, 3.05) is 50.7 Å². The zero-order chi connectivity index (χ0) is 20.9. The average molecular weight is 415 g/mol. The third kappa shape index (κ3) is 5.08. The van der Waals surface area contributed by atoms with Gasteiger partial charge in [0.25, 0.3) is 5.91 Å². The van der Waals surface area contributed by atoms with E-state index in [-0.39, 0.29) is 18.1 Å². The van der Waals surface area contributed by atoms with E-state index in [9.17, 15) is 4.79 Å². The summed E-state index contributed by atoms with van der Waals surface area (Å²) in [5.41, 5.74) is 4.63. The Kier molecular flexibility index (Phi) is 6.79. The number of carbonyl (C=O) groups excluding carboxylic acids is 1. The Morgan fingerprint density at radius 1 is 1.10 bits per heavy atom. The van der Waals surface area contributed by atoms with Crippen molar-refractivity contribution in [3.05, 3.63) is 36.0 Å². The standard InChI is InChI=1S/C23H34N4O3/c1-18(2)29-22-9-5-4-8-21(22)26-14-12-25(13-15-26)17-19-16-20(24-30-19)23(28)27-10-6-3-7-11-27/h4-5,8-9,16,18-19,24H,3,6-7,10-15,17H2,1-2H3. The van der Waals surface area contributed by atoms with Gasteiger partial charge in [0, 0.05) is 45.8 Å². The summed E-state index contributed by atoms with van der Waals surface area (Å²) in [7, 11) is 0. The lowest BCUT2D eigenvalue weighted by Gasteiger charge is -2.37. The number of nitrogens with zero attached hydrogens (tertiary/aromatic N) is 3. The molecule has 4 rings (SSSR count). The van der Waals surface area contributed by atoms with Crippen LogP contribution >= 0.6 is 0 Å². The van der Waals surface area contributed by atoms with E-state index in [0.717, 1.165) is 64.4 Å². The van der Waals surface area contributed by atoms with Crippen LogP contribution in [0.2, 0.25) is 0 Å². The number of piperazine rings is 1. The molecule has 1 aromatic rings. The maximum absolute atomic E-state index is 12.6. The normalized spacial score (nSPS) is 22.8. The molecule has 30 heavy (non-hydrogen) atoms. The summed E-state index contributed by atoms with van der Waals surface area (Å²) in [6.45, 7) is 10.4. The number of para-hydroxylation sites is 2. The molecule has 0 spiro atoms. The highest BCUT2D eigenvalue weighted by Crippen LogP contribution is 2.29. The highest BCUT2D eigenvalue weighted by molar-refractivity contribution is 5.93. The fourth-order valence-corrected chi connectivity index (χ4v) is 4.36. The first-order valence-corrected chi connectivity index (χ1v) is 11.3. The van der Waals surface area contributed by atoms with Crippen molar-refractivity contribution in [1.29, 1.82) is 0 Å². The molecule has 1 atom stereocenters. The Hall–Kier alpha value is -2.25. The van der Waals surface area contributed by atoms with Gasteiger partial charge in [-0.15, -0.1) is 0 Å². The van der Waals surface area contributed by atoms with Gasteiger partial charge in [-0.05, 0) is 51.3 Å². The van der Waals surface area contributed by atoms with Crippen LogP contribution in [0.3, 0.4) is 0 Å². The van der Waals surface area contributed by atoms with Gasteiger partial charge in [0.2, 0.25) is 0 Å². The van der Waals surface area contributed by atoms with E-state index < -0.39 is 0 Å². The number of ether oxygens (including phenoxy) is 1. The van der Waals surface area contributed by atoms with Crippen LogP contribution in [0.15, 0.2) is 36.0 Å². The molecule has 1 amide bonds. The largest absolute Gasteiger partial charge is 0.489 e. The number of amides is 1. The molecule has 2 saturated heterocycles. The minimum absolute atomic E-state index is 0.0729. The number of hydrogen-bond acceptors (Lipinski definition) is 6. The number of benzene rings is 1. The molecular weight excluding hydrogens is 380 g/mol. The number of likely N-dealkylation sites (tertiary alicyclic amines) is 1. The van der Waals surface area contributed by atoms with E-state index in [2.05, 4.69) is 41.3 Å². The summed E-state index contributed by atoms with van der Waals surface area (Å²) in [5.74, 6) is 1.02. The first-order chi connectivity index (χ1) is 14.6. The van der Waals surface area contributed by atoms with Gasteiger partial charge in [-0.3, -0.25) is 20.0 Å². The number of anilines is 1. The first kappa shape index (κ1) is 21.0. The van der Waals surface area contributed by atoms with Gasteiger partial charge in [0.05, 0.1) is 11.8 Å². The zero-order valence-corrected chi connectivity index (χ0v) is 18.2. The van der Waals surface area contributed by atoms with Crippen molar-refractivity contribution < 1.29 is 14.4 Å². The lowest BCUT2D eigenvalue weighted by atomic mass is 10.1. The van der Waals surface area contributed by atoms with E-state index in [1.54, 1.807) is 0 Å². The number of carbonyl (C=O) groups is 1. The molecule has 0 saturated carbocycles. The molecule has 7 nitrogen and oxygen atoms in total. The van der Waals surface area contributed by atoms with E-state index in [1.807, 2.05) is 23.1 Å². The van der Waals surface area contributed by atoms with Crippen molar-refractivity contribution in [3.8, 4) is 5.75 Å². The van der Waals surface area contributed by atoms with Gasteiger partial charge < -0.3 is 14.5 Å². The van der Waals surface area contributed by atoms with Crippen LogP contribution in [0.4, 0.5) is 5.69 Å². The monoisotopic (exact) mass is 414 g/mol. The lowest BCUT2D eigenvalue weighted by molar-refractivity contribution is -0.129. The van der Waals surface area contributed by atoms with Gasteiger partial charge in [0.15, 0.2) is 0 Å². The predicted octanol–water partition coefficient (Wildman–Crippen LogP) is 2.40. The Balaban J connectivity index is 1.28. The summed E-state index contributed by atoms with van der Waals surface area (Å²) >= 11 is 0. The predicted molar refractivity (Wildman–Crippen MR) is 117 cm³/mol. The smallest absolute Gasteiger partial charge is 0.271 e. The molecule has 0 aliphatic carbocycles. The molecule has 3 heterocycles. The molecule has 1 unspecified atom stereocenters. The number of hydroxylamine groups is 1. The van der Waals surface area contributed by atoms with Crippen LogP contribution in [0.25, 0.3) is 0 Å². The molecule has 1 N–H and O–H groups in total. The van der Waals surface area contributed by atoms with E-state index in [1.165, 1.54) is 12.1 Å². The number of hydrogen-bond donors (Lipinski definition) is 1. The van der Waals surface area contributed by atoms with Crippen LogP contribution in [0, 0.1) is 0 Å². The fourth-order valence-electron chi connectivity index (χ4n) is 4.36. The molecule has 1 aromatic carbocycles. The molecule has 0 radical (unpaired) electrons. The zero-order valence-electron chi connectivity index (χ0n) is 18.2. The Morgan fingerprint density at radius 2 is 1.83 bits per heavy atom. The molecule has 2 fully saturated rings. The van der Waals surface area contributed by atoms with E-state index in [0.29, 0.717) is 5.70 Å². The van der Waals surface area contributed by atoms with E-state index >= 15 is 0 Å². The van der Waals surface area contributed by atoms with Crippen LogP contribution < -0.4 is 15.1 Å². The summed E-state index contributed by atoms with van der Waals surface area (Å²) in [5, 5.41) is 0. The minimum atomic E-state index is -0.0862. The van der Waals surface area contributed by atoms with Gasteiger partial charge >= 0.3 is 0 Å². The second-order valence-corrected chi connectivity index (χ2v) is 8.61. The second kappa shape index (κ2) is 9.71. The first-order valence-electron chi connectivity index (χ1n) is 11.3. The van der Waals surface area contributed by atoms with Crippen molar-refractivity contribution in [2.45, 2.75) is 45.3 Å². The lowest BCUT2D eigenvalue weighted by Crippen LogP contribution is -2.48. The third-order valence-electron chi connectivity index (χ3n) is 5.93.